The number of nitrogens with two attached hydrogens (primary N) is 1. The third-order valence-electron chi connectivity index (χ3n) is 2.32. The number of aliphatic carboxylic acids is 1. The number of thiazole rings is 1. The van der Waals surface area contributed by atoms with Crippen LogP contribution in [0.25, 0.3) is 10.6 Å². The Morgan fingerprint density at radius 2 is 1.95 bits per heavy atom. The molecule has 0 saturated heterocycles. The molecule has 0 radical (unpaired) electrons. The Hall–Kier alpha value is -1.14. The molecule has 0 bridgehead atoms. The predicted molar refractivity (Wildman–Crippen MR) is 81.4 cm³/mol. The highest BCUT2D eigenvalue weighted by Gasteiger charge is 2.14. The minimum atomic E-state index is -1.00. The number of nitrogens with zero attached hydrogens (tertiary/aromatic N) is 1. The summed E-state index contributed by atoms with van der Waals surface area (Å²) >= 11 is 1.50. The second-order valence-corrected chi connectivity index (χ2v) is 4.52. The molecule has 0 fully saturated rings. The van der Waals surface area contributed by atoms with Gasteiger partial charge in [0.1, 0.15) is 11.0 Å². The fourth-order valence-electron chi connectivity index (χ4n) is 1.43. The summed E-state index contributed by atoms with van der Waals surface area (Å²) in [5, 5.41) is 11.5. The maximum Gasteiger partial charge on any atom is 0.320 e. The van der Waals surface area contributed by atoms with E-state index < -0.39 is 12.0 Å². The Bertz CT molecular complexity index is 519. The number of rotatable bonds is 4. The van der Waals surface area contributed by atoms with Gasteiger partial charge in [-0.15, -0.1) is 36.2 Å². The van der Waals surface area contributed by atoms with Crippen LogP contribution in [0.4, 0.5) is 0 Å². The normalized spacial score (nSPS) is 11.0. The van der Waals surface area contributed by atoms with Gasteiger partial charge in [0.2, 0.25) is 0 Å². The lowest BCUT2D eigenvalue weighted by molar-refractivity contribution is -0.138. The van der Waals surface area contributed by atoms with Gasteiger partial charge < -0.3 is 10.8 Å². The van der Waals surface area contributed by atoms with Crippen molar-refractivity contribution in [1.82, 2.24) is 4.98 Å². The third kappa shape index (κ3) is 4.80. The molecular formula is C12H14Cl2N2O2S. The molecule has 0 saturated carbocycles. The molecule has 2 rings (SSSR count). The van der Waals surface area contributed by atoms with Gasteiger partial charge in [0.05, 0.1) is 5.69 Å². The van der Waals surface area contributed by atoms with E-state index in [0.29, 0.717) is 0 Å². The minimum Gasteiger partial charge on any atom is -0.480 e. The number of halogens is 2. The second kappa shape index (κ2) is 8.12. The van der Waals surface area contributed by atoms with Crippen LogP contribution in [0.2, 0.25) is 0 Å². The molecule has 104 valence electrons. The number of hydrogen-bond acceptors (Lipinski definition) is 4. The maximum atomic E-state index is 10.6. The van der Waals surface area contributed by atoms with E-state index in [9.17, 15) is 4.79 Å². The van der Waals surface area contributed by atoms with Gasteiger partial charge in [-0.3, -0.25) is 4.79 Å². The molecule has 1 heterocycles. The van der Waals surface area contributed by atoms with E-state index in [1.165, 1.54) is 11.3 Å². The summed E-state index contributed by atoms with van der Waals surface area (Å²) in [5.41, 5.74) is 7.22. The highest BCUT2D eigenvalue weighted by Crippen LogP contribution is 2.23. The Morgan fingerprint density at radius 1 is 1.32 bits per heavy atom. The predicted octanol–water partition coefficient (Wildman–Crippen LogP) is 2.61. The Kier molecular flexibility index (Phi) is 7.63. The van der Waals surface area contributed by atoms with E-state index in [1.807, 2.05) is 35.7 Å². The number of hydrogen-bond donors (Lipinski definition) is 2. The molecule has 0 spiro atoms. The fraction of sp³-hybridized carbons (Fsp3) is 0.167. The van der Waals surface area contributed by atoms with Gasteiger partial charge in [0.25, 0.3) is 0 Å². The summed E-state index contributed by atoms with van der Waals surface area (Å²) in [7, 11) is 0. The highest BCUT2D eigenvalue weighted by molar-refractivity contribution is 7.13. The van der Waals surface area contributed by atoms with Crippen LogP contribution in [0, 0.1) is 0 Å². The zero-order valence-corrected chi connectivity index (χ0v) is 12.3. The first-order valence-corrected chi connectivity index (χ1v) is 6.03. The van der Waals surface area contributed by atoms with E-state index in [2.05, 4.69) is 4.98 Å². The first-order valence-electron chi connectivity index (χ1n) is 5.15. The minimum absolute atomic E-state index is 0. The van der Waals surface area contributed by atoms with E-state index in [0.717, 1.165) is 16.3 Å². The monoisotopic (exact) mass is 320 g/mol. The topological polar surface area (TPSA) is 76.2 Å². The van der Waals surface area contributed by atoms with Crippen LogP contribution >= 0.6 is 36.2 Å². The molecule has 0 aliphatic heterocycles. The van der Waals surface area contributed by atoms with E-state index in [-0.39, 0.29) is 31.2 Å². The maximum absolute atomic E-state index is 10.6. The van der Waals surface area contributed by atoms with Crippen LogP contribution in [0.3, 0.4) is 0 Å². The first-order chi connectivity index (χ1) is 8.16. The molecule has 2 aromatic rings. The summed E-state index contributed by atoms with van der Waals surface area (Å²) in [6, 6.07) is 8.89. The second-order valence-electron chi connectivity index (χ2n) is 3.66. The average Bonchev–Trinajstić information content (AvgIpc) is 2.78. The third-order valence-corrected chi connectivity index (χ3v) is 3.26. The lowest BCUT2D eigenvalue weighted by Gasteiger charge is -2.02. The number of carbonyl (C=O) groups is 1. The summed E-state index contributed by atoms with van der Waals surface area (Å²) < 4.78 is 0. The lowest BCUT2D eigenvalue weighted by atomic mass is 10.2. The number of aromatic nitrogens is 1. The summed E-state index contributed by atoms with van der Waals surface area (Å²) in [6.45, 7) is 0. The van der Waals surface area contributed by atoms with Crippen molar-refractivity contribution >= 4 is 42.1 Å². The Labute approximate surface area is 127 Å². The fourth-order valence-corrected chi connectivity index (χ4v) is 2.27. The summed E-state index contributed by atoms with van der Waals surface area (Å²) in [6.07, 6.45) is 0.263. The average molecular weight is 321 g/mol. The van der Waals surface area contributed by atoms with E-state index in [4.69, 9.17) is 10.8 Å². The molecule has 1 unspecified atom stereocenters. The van der Waals surface area contributed by atoms with Crippen molar-refractivity contribution in [2.24, 2.45) is 5.73 Å². The van der Waals surface area contributed by atoms with Crippen LogP contribution in [0.1, 0.15) is 5.69 Å². The van der Waals surface area contributed by atoms with Gasteiger partial charge >= 0.3 is 5.97 Å². The summed E-state index contributed by atoms with van der Waals surface area (Å²) in [5.74, 6) is -1.00. The van der Waals surface area contributed by atoms with Crippen molar-refractivity contribution in [3.63, 3.8) is 0 Å². The lowest BCUT2D eigenvalue weighted by Crippen LogP contribution is -2.32. The van der Waals surface area contributed by atoms with Gasteiger partial charge in [-0.25, -0.2) is 4.98 Å². The zero-order valence-electron chi connectivity index (χ0n) is 9.85. The largest absolute Gasteiger partial charge is 0.480 e. The molecule has 1 aromatic heterocycles. The number of carboxylic acids is 1. The first kappa shape index (κ1) is 17.9. The van der Waals surface area contributed by atoms with Crippen LogP contribution in [-0.2, 0) is 11.2 Å². The molecule has 1 atom stereocenters. The van der Waals surface area contributed by atoms with Gasteiger partial charge in [0.15, 0.2) is 0 Å². The van der Waals surface area contributed by atoms with Crippen LogP contribution in [-0.4, -0.2) is 22.1 Å². The van der Waals surface area contributed by atoms with Crippen molar-refractivity contribution in [3.8, 4) is 10.6 Å². The van der Waals surface area contributed by atoms with Crippen molar-refractivity contribution in [3.05, 3.63) is 41.4 Å². The SMILES string of the molecule is Cl.Cl.NC(Cc1csc(-c2ccccc2)n1)C(=O)O. The van der Waals surface area contributed by atoms with Crippen LogP contribution in [0.5, 0.6) is 0 Å². The molecule has 4 nitrogen and oxygen atoms in total. The Balaban J connectivity index is 0.00000162. The van der Waals surface area contributed by atoms with Gasteiger partial charge in [-0.1, -0.05) is 30.3 Å². The smallest absolute Gasteiger partial charge is 0.320 e. The van der Waals surface area contributed by atoms with Crippen molar-refractivity contribution in [2.75, 3.05) is 0 Å². The molecule has 7 heteroatoms. The quantitative estimate of drug-likeness (QED) is 0.907. The van der Waals surface area contributed by atoms with E-state index in [1.54, 1.807) is 0 Å². The van der Waals surface area contributed by atoms with Crippen molar-refractivity contribution < 1.29 is 9.90 Å². The molecule has 3 N–H and O–H groups in total. The molecule has 1 aromatic carbocycles. The molecule has 0 aliphatic carbocycles. The molecular weight excluding hydrogens is 307 g/mol. The van der Waals surface area contributed by atoms with Crippen LogP contribution < -0.4 is 5.73 Å². The molecule has 0 amide bonds. The van der Waals surface area contributed by atoms with E-state index >= 15 is 0 Å². The summed E-state index contributed by atoms with van der Waals surface area (Å²) in [4.78, 5) is 15.0. The molecule has 0 aliphatic rings. The van der Waals surface area contributed by atoms with Gasteiger partial charge in [0, 0.05) is 17.4 Å². The van der Waals surface area contributed by atoms with Crippen LogP contribution in [0.15, 0.2) is 35.7 Å². The van der Waals surface area contributed by atoms with Gasteiger partial charge in [-0.05, 0) is 0 Å². The zero-order chi connectivity index (χ0) is 12.3. The highest BCUT2D eigenvalue weighted by atomic mass is 35.5. The van der Waals surface area contributed by atoms with Crippen molar-refractivity contribution in [2.45, 2.75) is 12.5 Å². The molecule has 19 heavy (non-hydrogen) atoms. The number of carboxylic acid groups (broad SMARTS) is 1. The van der Waals surface area contributed by atoms with Gasteiger partial charge in [-0.2, -0.15) is 0 Å². The van der Waals surface area contributed by atoms with Crippen molar-refractivity contribution in [1.29, 1.82) is 0 Å². The Morgan fingerprint density at radius 3 is 2.53 bits per heavy atom. The standard InChI is InChI=1S/C12H12N2O2S.2ClH/c13-10(12(15)16)6-9-7-17-11(14-9)8-4-2-1-3-5-8;;/h1-5,7,10H,6,13H2,(H,15,16);2*1H. The number of benzene rings is 1.